The van der Waals surface area contributed by atoms with Crippen molar-refractivity contribution in [2.24, 2.45) is 0 Å². The van der Waals surface area contributed by atoms with Crippen LogP contribution in [0.5, 0.6) is 0 Å². The van der Waals surface area contributed by atoms with Crippen LogP contribution in [0.4, 0.5) is 0 Å². The van der Waals surface area contributed by atoms with Crippen molar-refractivity contribution in [2.45, 2.75) is 11.8 Å². The molecule has 1 aromatic heterocycles. The molecule has 162 valence electrons. The lowest BCUT2D eigenvalue weighted by atomic mass is 10.2. The van der Waals surface area contributed by atoms with E-state index in [1.807, 2.05) is 13.0 Å². The van der Waals surface area contributed by atoms with Gasteiger partial charge in [-0.3, -0.25) is 9.89 Å². The zero-order valence-corrected chi connectivity index (χ0v) is 17.8. The first-order valence-corrected chi connectivity index (χ1v) is 11.2. The summed E-state index contributed by atoms with van der Waals surface area (Å²) in [7, 11) is -3.61. The maximum absolute atomic E-state index is 12.8. The molecule has 0 saturated carbocycles. The average Bonchev–Trinajstić information content (AvgIpc) is 3.22. The highest BCUT2D eigenvalue weighted by molar-refractivity contribution is 7.89. The van der Waals surface area contributed by atoms with Gasteiger partial charge < -0.3 is 9.64 Å². The number of hydrogen-bond acceptors (Lipinski definition) is 6. The molecule has 9 nitrogen and oxygen atoms in total. The molecule has 1 aliphatic heterocycles. The Morgan fingerprint density at radius 3 is 2.42 bits per heavy atom. The number of aryl methyl sites for hydroxylation is 1. The number of ether oxygens (including phenoxy) is 1. The number of hydrogen-bond donors (Lipinski definition) is 1. The molecule has 2 heterocycles. The van der Waals surface area contributed by atoms with Crippen molar-refractivity contribution in [3.05, 3.63) is 59.8 Å². The molecule has 1 N–H and O–H groups in total. The van der Waals surface area contributed by atoms with Crippen LogP contribution in [0.1, 0.15) is 16.1 Å². The lowest BCUT2D eigenvalue weighted by Crippen LogP contribution is -2.51. The van der Waals surface area contributed by atoms with E-state index < -0.39 is 22.6 Å². The Balaban J connectivity index is 1.32. The van der Waals surface area contributed by atoms with E-state index in [1.54, 1.807) is 42.5 Å². The molecule has 10 heteroatoms. The van der Waals surface area contributed by atoms with E-state index in [0.29, 0.717) is 10.9 Å². The molecule has 4 rings (SSSR count). The second-order valence-electron chi connectivity index (χ2n) is 7.29. The summed E-state index contributed by atoms with van der Waals surface area (Å²) in [6.45, 7) is 2.28. The first-order chi connectivity index (χ1) is 14.9. The van der Waals surface area contributed by atoms with Gasteiger partial charge in [0.1, 0.15) is 0 Å². The number of para-hydroxylation sites is 1. The van der Waals surface area contributed by atoms with Gasteiger partial charge in [-0.1, -0.05) is 35.9 Å². The third-order valence-corrected chi connectivity index (χ3v) is 7.15. The van der Waals surface area contributed by atoms with E-state index in [9.17, 15) is 18.0 Å². The van der Waals surface area contributed by atoms with Crippen LogP contribution in [0.2, 0.25) is 0 Å². The van der Waals surface area contributed by atoms with Crippen molar-refractivity contribution in [3.63, 3.8) is 0 Å². The van der Waals surface area contributed by atoms with Crippen LogP contribution in [0.3, 0.4) is 0 Å². The quantitative estimate of drug-likeness (QED) is 0.600. The first-order valence-electron chi connectivity index (χ1n) is 9.81. The molecule has 3 aromatic rings. The van der Waals surface area contributed by atoms with Crippen LogP contribution in [-0.2, 0) is 19.6 Å². The van der Waals surface area contributed by atoms with Gasteiger partial charge in [-0.05, 0) is 25.1 Å². The van der Waals surface area contributed by atoms with Gasteiger partial charge in [0.25, 0.3) is 5.91 Å². The number of sulfonamides is 1. The Kier molecular flexibility index (Phi) is 5.75. The fourth-order valence-corrected chi connectivity index (χ4v) is 4.87. The molecule has 0 unspecified atom stereocenters. The number of carbonyl (C=O) groups excluding carboxylic acids is 2. The Hall–Kier alpha value is -3.24. The molecule has 0 spiro atoms. The molecular formula is C21H22N4O5S. The number of rotatable bonds is 5. The summed E-state index contributed by atoms with van der Waals surface area (Å²) < 4.78 is 32.0. The number of nitrogens with zero attached hydrogens (tertiary/aromatic N) is 3. The minimum Gasteiger partial charge on any atom is -0.451 e. The number of amides is 1. The minimum atomic E-state index is -3.61. The largest absolute Gasteiger partial charge is 0.451 e. The van der Waals surface area contributed by atoms with E-state index in [1.165, 1.54) is 9.21 Å². The van der Waals surface area contributed by atoms with Crippen LogP contribution in [-0.4, -0.2) is 72.5 Å². The molecule has 1 aliphatic rings. The monoisotopic (exact) mass is 442 g/mol. The Morgan fingerprint density at radius 2 is 1.71 bits per heavy atom. The summed E-state index contributed by atoms with van der Waals surface area (Å²) in [5.74, 6) is -1.06. The van der Waals surface area contributed by atoms with Gasteiger partial charge in [0, 0.05) is 31.6 Å². The van der Waals surface area contributed by atoms with Gasteiger partial charge in [-0.2, -0.15) is 9.40 Å². The van der Waals surface area contributed by atoms with Gasteiger partial charge in [0.05, 0.1) is 10.4 Å². The predicted molar refractivity (Wildman–Crippen MR) is 113 cm³/mol. The second kappa shape index (κ2) is 8.48. The molecule has 1 amide bonds. The van der Waals surface area contributed by atoms with E-state index in [-0.39, 0.29) is 42.7 Å². The molecule has 2 aromatic carbocycles. The molecule has 0 aliphatic carbocycles. The number of nitrogens with one attached hydrogen (secondary N) is 1. The highest BCUT2D eigenvalue weighted by atomic mass is 32.2. The van der Waals surface area contributed by atoms with Crippen molar-refractivity contribution in [1.82, 2.24) is 19.4 Å². The van der Waals surface area contributed by atoms with E-state index in [0.717, 1.165) is 5.56 Å². The van der Waals surface area contributed by atoms with Crippen molar-refractivity contribution in [3.8, 4) is 0 Å². The summed E-state index contributed by atoms with van der Waals surface area (Å²) in [6.07, 6.45) is 0. The van der Waals surface area contributed by atoms with Crippen LogP contribution < -0.4 is 0 Å². The number of fused-ring (bicyclic) bond motifs is 1. The number of aromatic amines is 1. The van der Waals surface area contributed by atoms with Crippen molar-refractivity contribution < 1.29 is 22.7 Å². The molecule has 1 fully saturated rings. The highest BCUT2D eigenvalue weighted by Crippen LogP contribution is 2.19. The normalized spacial score (nSPS) is 15.2. The molecule has 0 atom stereocenters. The minimum absolute atomic E-state index is 0.123. The van der Waals surface area contributed by atoms with Gasteiger partial charge in [-0.15, -0.1) is 0 Å². The van der Waals surface area contributed by atoms with Crippen LogP contribution in [0, 0.1) is 6.92 Å². The SMILES string of the molecule is Cc1ccc(S(=O)(=O)N2CCN(C(=O)COC(=O)c3n[nH]c4ccccc34)CC2)cc1. The summed E-state index contributed by atoms with van der Waals surface area (Å²) >= 11 is 0. The summed E-state index contributed by atoms with van der Waals surface area (Å²) in [5, 5.41) is 7.33. The third kappa shape index (κ3) is 4.30. The maximum Gasteiger partial charge on any atom is 0.359 e. The number of aromatic nitrogens is 2. The van der Waals surface area contributed by atoms with Crippen LogP contribution in [0.15, 0.2) is 53.4 Å². The third-order valence-electron chi connectivity index (χ3n) is 5.24. The molecular weight excluding hydrogens is 420 g/mol. The summed E-state index contributed by atoms with van der Waals surface area (Å²) in [5.41, 5.74) is 1.80. The smallest absolute Gasteiger partial charge is 0.359 e. The molecule has 1 saturated heterocycles. The topological polar surface area (TPSA) is 113 Å². The predicted octanol–water partition coefficient (Wildman–Crippen LogP) is 1.56. The number of carbonyl (C=O) groups is 2. The fraction of sp³-hybridized carbons (Fsp3) is 0.286. The zero-order valence-electron chi connectivity index (χ0n) is 16.9. The molecule has 0 radical (unpaired) electrons. The van der Waals surface area contributed by atoms with Crippen molar-refractivity contribution in [1.29, 1.82) is 0 Å². The molecule has 0 bridgehead atoms. The zero-order chi connectivity index (χ0) is 22.0. The van der Waals surface area contributed by atoms with Crippen molar-refractivity contribution in [2.75, 3.05) is 32.8 Å². The van der Waals surface area contributed by atoms with Gasteiger partial charge in [-0.25, -0.2) is 13.2 Å². The van der Waals surface area contributed by atoms with Gasteiger partial charge in [0.2, 0.25) is 10.0 Å². The summed E-state index contributed by atoms with van der Waals surface area (Å²) in [6, 6.07) is 13.8. The van der Waals surface area contributed by atoms with E-state index in [4.69, 9.17) is 4.74 Å². The fourth-order valence-electron chi connectivity index (χ4n) is 3.44. The lowest BCUT2D eigenvalue weighted by molar-refractivity contribution is -0.135. The number of H-pyrrole nitrogens is 1. The number of esters is 1. The lowest BCUT2D eigenvalue weighted by Gasteiger charge is -2.33. The first kappa shape index (κ1) is 21.0. The standard InChI is InChI=1S/C21H22N4O5S/c1-15-6-8-16(9-7-15)31(28,29)25-12-10-24(11-13-25)19(26)14-30-21(27)20-17-4-2-3-5-18(17)22-23-20/h2-9H,10-14H2,1H3,(H,22,23). The van der Waals surface area contributed by atoms with E-state index >= 15 is 0 Å². The Labute approximate surface area is 179 Å². The average molecular weight is 442 g/mol. The Morgan fingerprint density at radius 1 is 1.03 bits per heavy atom. The number of piperazine rings is 1. The van der Waals surface area contributed by atoms with Gasteiger partial charge >= 0.3 is 5.97 Å². The second-order valence-corrected chi connectivity index (χ2v) is 9.23. The van der Waals surface area contributed by atoms with Gasteiger partial charge in [0.15, 0.2) is 12.3 Å². The highest BCUT2D eigenvalue weighted by Gasteiger charge is 2.30. The number of benzene rings is 2. The van der Waals surface area contributed by atoms with Crippen LogP contribution in [0.25, 0.3) is 10.9 Å². The van der Waals surface area contributed by atoms with Crippen molar-refractivity contribution >= 4 is 32.8 Å². The Bertz CT molecular complexity index is 1210. The maximum atomic E-state index is 12.8. The van der Waals surface area contributed by atoms with Crippen LogP contribution >= 0.6 is 0 Å². The van der Waals surface area contributed by atoms with E-state index in [2.05, 4.69) is 10.2 Å². The summed E-state index contributed by atoms with van der Waals surface area (Å²) in [4.78, 5) is 26.5. The molecule has 31 heavy (non-hydrogen) atoms.